The minimum absolute atomic E-state index is 0.0376. The van der Waals surface area contributed by atoms with Crippen molar-refractivity contribution in [2.45, 2.75) is 26.2 Å². The number of aryl methyl sites for hydroxylation is 2. The molecular weight excluding hydrogens is 298 g/mol. The maximum absolute atomic E-state index is 12.2. The van der Waals surface area contributed by atoms with Crippen LogP contribution in [0.15, 0.2) is 42.6 Å². The first-order valence-electron chi connectivity index (χ1n) is 8.62. The van der Waals surface area contributed by atoms with Gasteiger partial charge in [-0.05, 0) is 49.9 Å². The molecule has 0 saturated carbocycles. The minimum Gasteiger partial charge on any atom is -0.351 e. The van der Waals surface area contributed by atoms with Crippen LogP contribution in [0.3, 0.4) is 0 Å². The molecule has 1 aromatic heterocycles. The lowest BCUT2D eigenvalue weighted by atomic mass is 9.99. The molecule has 1 amide bonds. The predicted molar refractivity (Wildman–Crippen MR) is 96.3 cm³/mol. The van der Waals surface area contributed by atoms with Gasteiger partial charge < -0.3 is 10.2 Å². The van der Waals surface area contributed by atoms with Crippen LogP contribution in [-0.4, -0.2) is 42.0 Å². The second-order valence-corrected chi connectivity index (χ2v) is 6.58. The third-order valence-electron chi connectivity index (χ3n) is 4.86. The van der Waals surface area contributed by atoms with Gasteiger partial charge in [-0.15, -0.1) is 0 Å². The molecule has 1 aliphatic heterocycles. The zero-order valence-electron chi connectivity index (χ0n) is 14.5. The van der Waals surface area contributed by atoms with Crippen molar-refractivity contribution in [3.05, 3.63) is 65.0 Å². The Kier molecular flexibility index (Phi) is 5.26. The van der Waals surface area contributed by atoms with E-state index in [1.54, 1.807) is 6.20 Å². The Bertz CT molecular complexity index is 699. The van der Waals surface area contributed by atoms with Crippen LogP contribution in [-0.2, 0) is 0 Å². The number of likely N-dealkylation sites (tertiary alicyclic amines) is 1. The molecule has 0 radical (unpaired) electrons. The highest BCUT2D eigenvalue weighted by molar-refractivity contribution is 5.94. The maximum Gasteiger partial charge on any atom is 0.252 e. The highest BCUT2D eigenvalue weighted by Crippen LogP contribution is 2.26. The van der Waals surface area contributed by atoms with Crippen molar-refractivity contribution in [1.82, 2.24) is 15.2 Å². The van der Waals surface area contributed by atoms with Crippen molar-refractivity contribution in [1.29, 1.82) is 0 Å². The van der Waals surface area contributed by atoms with Gasteiger partial charge in [-0.2, -0.15) is 0 Å². The first-order chi connectivity index (χ1) is 11.6. The van der Waals surface area contributed by atoms with Gasteiger partial charge in [-0.3, -0.25) is 9.78 Å². The monoisotopic (exact) mass is 323 g/mol. The summed E-state index contributed by atoms with van der Waals surface area (Å²) in [4.78, 5) is 18.9. The minimum atomic E-state index is -0.0376. The predicted octanol–water partition coefficient (Wildman–Crippen LogP) is 2.92. The van der Waals surface area contributed by atoms with Crippen molar-refractivity contribution in [2.24, 2.45) is 0 Å². The Morgan fingerprint density at radius 3 is 2.83 bits per heavy atom. The fraction of sp³-hybridized carbons (Fsp3) is 0.400. The number of aromatic nitrogens is 1. The molecule has 1 aliphatic rings. The molecule has 0 bridgehead atoms. The largest absolute Gasteiger partial charge is 0.351 e. The van der Waals surface area contributed by atoms with Crippen molar-refractivity contribution >= 4 is 5.91 Å². The third-order valence-corrected chi connectivity index (χ3v) is 4.86. The number of nitrogens with one attached hydrogen (secondary N) is 1. The highest BCUT2D eigenvalue weighted by atomic mass is 16.1. The number of nitrogens with zero attached hydrogens (tertiary/aromatic N) is 2. The molecule has 0 unspecified atom stereocenters. The highest BCUT2D eigenvalue weighted by Gasteiger charge is 2.23. The zero-order chi connectivity index (χ0) is 16.9. The topological polar surface area (TPSA) is 45.2 Å². The lowest BCUT2D eigenvalue weighted by Gasteiger charge is -2.16. The summed E-state index contributed by atoms with van der Waals surface area (Å²) in [7, 11) is 0. The van der Waals surface area contributed by atoms with Crippen LogP contribution in [0.2, 0.25) is 0 Å². The van der Waals surface area contributed by atoms with Crippen molar-refractivity contribution < 1.29 is 4.79 Å². The van der Waals surface area contributed by atoms with E-state index in [1.807, 2.05) is 19.9 Å². The standard InChI is InChI=1S/C20H25N3O/c1-15-12-19(13-22-16(15)2)20(24)21-9-11-23-10-8-18(14-23)17-6-4-3-5-7-17/h3-7,12-13,18H,8-11,14H2,1-2H3,(H,21,24)/t18-/m0/s1. The van der Waals surface area contributed by atoms with Crippen LogP contribution in [0.5, 0.6) is 0 Å². The lowest BCUT2D eigenvalue weighted by molar-refractivity contribution is 0.0949. The van der Waals surface area contributed by atoms with E-state index >= 15 is 0 Å². The first kappa shape index (κ1) is 16.7. The second kappa shape index (κ2) is 7.58. The van der Waals surface area contributed by atoms with Crippen LogP contribution in [0.25, 0.3) is 0 Å². The summed E-state index contributed by atoms with van der Waals surface area (Å²) in [5.41, 5.74) is 4.08. The lowest BCUT2D eigenvalue weighted by Crippen LogP contribution is -2.33. The smallest absolute Gasteiger partial charge is 0.252 e. The summed E-state index contributed by atoms with van der Waals surface area (Å²) in [5, 5.41) is 3.01. The number of hydrogen-bond acceptors (Lipinski definition) is 3. The van der Waals surface area contributed by atoms with Gasteiger partial charge in [-0.1, -0.05) is 30.3 Å². The van der Waals surface area contributed by atoms with Gasteiger partial charge in [0.15, 0.2) is 0 Å². The van der Waals surface area contributed by atoms with Gasteiger partial charge >= 0.3 is 0 Å². The first-order valence-corrected chi connectivity index (χ1v) is 8.62. The van der Waals surface area contributed by atoms with Gasteiger partial charge in [0.1, 0.15) is 0 Å². The molecule has 1 fully saturated rings. The number of amides is 1. The van der Waals surface area contributed by atoms with E-state index in [0.29, 0.717) is 18.0 Å². The van der Waals surface area contributed by atoms with E-state index in [-0.39, 0.29) is 5.91 Å². The summed E-state index contributed by atoms with van der Waals surface area (Å²) < 4.78 is 0. The quantitative estimate of drug-likeness (QED) is 0.920. The normalized spacial score (nSPS) is 17.8. The van der Waals surface area contributed by atoms with Crippen LogP contribution < -0.4 is 5.32 Å². The molecule has 3 rings (SSSR count). The van der Waals surface area contributed by atoms with E-state index in [1.165, 1.54) is 12.0 Å². The number of rotatable bonds is 5. The molecule has 1 saturated heterocycles. The molecule has 126 valence electrons. The SMILES string of the molecule is Cc1cc(C(=O)NCCN2CC[C@H](c3ccccc3)C2)cnc1C. The molecule has 2 heterocycles. The second-order valence-electron chi connectivity index (χ2n) is 6.58. The van der Waals surface area contributed by atoms with E-state index in [2.05, 4.69) is 45.5 Å². The molecular formula is C20H25N3O. The summed E-state index contributed by atoms with van der Waals surface area (Å²) >= 11 is 0. The Hall–Kier alpha value is -2.20. The summed E-state index contributed by atoms with van der Waals surface area (Å²) in [5.74, 6) is 0.579. The molecule has 1 atom stereocenters. The summed E-state index contributed by atoms with van der Waals surface area (Å²) in [6.45, 7) is 7.67. The molecule has 1 aromatic carbocycles. The van der Waals surface area contributed by atoms with Gasteiger partial charge in [0.2, 0.25) is 0 Å². The maximum atomic E-state index is 12.2. The van der Waals surface area contributed by atoms with Crippen molar-refractivity contribution in [3.8, 4) is 0 Å². The van der Waals surface area contributed by atoms with Gasteiger partial charge in [0.05, 0.1) is 5.56 Å². The number of carbonyl (C=O) groups is 1. The average molecular weight is 323 g/mol. The number of hydrogen-bond donors (Lipinski definition) is 1. The molecule has 1 N–H and O–H groups in total. The molecule has 4 nitrogen and oxygen atoms in total. The number of pyridine rings is 1. The molecule has 4 heteroatoms. The molecule has 0 spiro atoms. The van der Waals surface area contributed by atoms with E-state index in [0.717, 1.165) is 30.9 Å². The molecule has 0 aliphatic carbocycles. The Labute approximate surface area is 143 Å². The van der Waals surface area contributed by atoms with Gasteiger partial charge in [-0.25, -0.2) is 0 Å². The zero-order valence-corrected chi connectivity index (χ0v) is 14.5. The Morgan fingerprint density at radius 1 is 1.29 bits per heavy atom. The van der Waals surface area contributed by atoms with Crippen molar-refractivity contribution in [2.75, 3.05) is 26.2 Å². The fourth-order valence-electron chi connectivity index (χ4n) is 3.23. The average Bonchev–Trinajstić information content (AvgIpc) is 3.07. The van der Waals surface area contributed by atoms with E-state index in [9.17, 15) is 4.79 Å². The van der Waals surface area contributed by atoms with Crippen molar-refractivity contribution in [3.63, 3.8) is 0 Å². The van der Waals surface area contributed by atoms with E-state index < -0.39 is 0 Å². The van der Waals surface area contributed by atoms with Crippen LogP contribution in [0.1, 0.15) is 39.5 Å². The van der Waals surface area contributed by atoms with Gasteiger partial charge in [0.25, 0.3) is 5.91 Å². The van der Waals surface area contributed by atoms with Crippen LogP contribution >= 0.6 is 0 Å². The van der Waals surface area contributed by atoms with E-state index in [4.69, 9.17) is 0 Å². The Balaban J connectivity index is 1.45. The molecule has 2 aromatic rings. The van der Waals surface area contributed by atoms with Gasteiger partial charge in [0, 0.05) is 31.5 Å². The van der Waals surface area contributed by atoms with Crippen LogP contribution in [0, 0.1) is 13.8 Å². The summed E-state index contributed by atoms with van der Waals surface area (Å²) in [6.07, 6.45) is 2.85. The fourth-order valence-corrected chi connectivity index (χ4v) is 3.23. The molecule has 24 heavy (non-hydrogen) atoms. The third kappa shape index (κ3) is 4.01. The number of carbonyl (C=O) groups excluding carboxylic acids is 1. The Morgan fingerprint density at radius 2 is 2.08 bits per heavy atom. The number of benzene rings is 1. The summed E-state index contributed by atoms with van der Waals surface area (Å²) in [6, 6.07) is 12.6. The van der Waals surface area contributed by atoms with Crippen LogP contribution in [0.4, 0.5) is 0 Å².